The number of aryl methyl sites for hydroxylation is 1. The van der Waals surface area contributed by atoms with Crippen LogP contribution >= 0.6 is 0 Å². The Labute approximate surface area is 101 Å². The maximum atomic E-state index is 11.5. The van der Waals surface area contributed by atoms with Gasteiger partial charge in [0.15, 0.2) is 5.78 Å². The van der Waals surface area contributed by atoms with E-state index < -0.39 is 18.4 Å². The molecule has 1 heterocycles. The first-order chi connectivity index (χ1) is 8.54. The monoisotopic (exact) mass is 250 g/mol. The van der Waals surface area contributed by atoms with Gasteiger partial charge in [0, 0.05) is 10.9 Å². The molecule has 6 heteroatoms. The zero-order valence-corrected chi connectivity index (χ0v) is 9.47. The fraction of sp³-hybridized carbons (Fsp3) is 0.167. The van der Waals surface area contributed by atoms with Gasteiger partial charge in [-0.2, -0.15) is 0 Å². The zero-order valence-electron chi connectivity index (χ0n) is 9.47. The Balaban J connectivity index is 2.59. The van der Waals surface area contributed by atoms with Crippen LogP contribution in [-0.4, -0.2) is 28.7 Å². The fourth-order valence-electron chi connectivity index (χ4n) is 1.80. The van der Waals surface area contributed by atoms with Crippen molar-refractivity contribution in [2.45, 2.75) is 6.92 Å². The van der Waals surface area contributed by atoms with Gasteiger partial charge in [0.2, 0.25) is 0 Å². The van der Waals surface area contributed by atoms with Crippen molar-refractivity contribution in [2.75, 3.05) is 6.61 Å². The Bertz CT molecular complexity index is 625. The average molecular weight is 250 g/mol. The summed E-state index contributed by atoms with van der Waals surface area (Å²) in [6.45, 7) is 1.06. The molecule has 0 amide bonds. The van der Waals surface area contributed by atoms with Gasteiger partial charge in [0.25, 0.3) is 0 Å². The summed E-state index contributed by atoms with van der Waals surface area (Å²) in [6, 6.07) is 4.41. The van der Waals surface area contributed by atoms with E-state index in [-0.39, 0.29) is 16.9 Å². The average Bonchev–Trinajstić information content (AvgIpc) is 2.64. The first kappa shape index (κ1) is 12.3. The van der Waals surface area contributed by atoms with Gasteiger partial charge in [0.05, 0.1) is 0 Å². The highest BCUT2D eigenvalue weighted by Gasteiger charge is 2.18. The van der Waals surface area contributed by atoms with Crippen LogP contribution in [0.1, 0.15) is 26.5 Å². The van der Waals surface area contributed by atoms with Crippen LogP contribution in [0.2, 0.25) is 0 Å². The van der Waals surface area contributed by atoms with Crippen LogP contribution in [0.25, 0.3) is 11.0 Å². The van der Waals surface area contributed by atoms with Crippen LogP contribution in [0.4, 0.5) is 0 Å². The van der Waals surface area contributed by atoms with Crippen molar-refractivity contribution in [2.24, 2.45) is 0 Å². The maximum absolute atomic E-state index is 11.5. The second kappa shape index (κ2) is 4.59. The molecule has 0 fully saturated rings. The number of hydrogen-bond donors (Lipinski definition) is 2. The van der Waals surface area contributed by atoms with E-state index in [0.717, 1.165) is 0 Å². The molecular weight excluding hydrogens is 240 g/mol. The number of carboxylic acid groups (broad SMARTS) is 1. The molecule has 0 saturated heterocycles. The summed E-state index contributed by atoms with van der Waals surface area (Å²) in [5.41, 5.74) is 0.677. The third kappa shape index (κ3) is 1.99. The Hall–Kier alpha value is -2.18. The van der Waals surface area contributed by atoms with Crippen LogP contribution in [0.15, 0.2) is 22.6 Å². The fourth-order valence-corrected chi connectivity index (χ4v) is 1.80. The summed E-state index contributed by atoms with van der Waals surface area (Å²) in [6.07, 6.45) is 0. The van der Waals surface area contributed by atoms with Crippen LogP contribution in [0, 0.1) is 6.92 Å². The number of carbonyl (C=O) groups is 2. The lowest BCUT2D eigenvalue weighted by molar-refractivity contribution is -0.230. The van der Waals surface area contributed by atoms with Crippen molar-refractivity contribution in [3.05, 3.63) is 35.1 Å². The van der Waals surface area contributed by atoms with E-state index in [0.29, 0.717) is 11.0 Å². The second-order valence-corrected chi connectivity index (χ2v) is 3.75. The molecule has 2 aromatic rings. The molecule has 0 saturated carbocycles. The van der Waals surface area contributed by atoms with Crippen molar-refractivity contribution in [3.8, 4) is 0 Å². The Kier molecular flexibility index (Phi) is 3.14. The quantitative estimate of drug-likeness (QED) is 0.490. The molecule has 18 heavy (non-hydrogen) atoms. The zero-order chi connectivity index (χ0) is 13.3. The SMILES string of the molecule is Cc1oc2ccc(C(=O)COO)cc2c1C(=O)O. The number of carbonyl (C=O) groups excluding carboxylic acids is 1. The van der Waals surface area contributed by atoms with E-state index in [9.17, 15) is 9.59 Å². The van der Waals surface area contributed by atoms with E-state index in [1.54, 1.807) is 6.92 Å². The minimum Gasteiger partial charge on any atom is -0.478 e. The lowest BCUT2D eigenvalue weighted by Crippen LogP contribution is -2.07. The standard InChI is InChI=1S/C12H10O6/c1-6-11(12(14)15)8-4-7(9(13)5-17-16)2-3-10(8)18-6/h2-4,16H,5H2,1H3,(H,14,15). The summed E-state index contributed by atoms with van der Waals surface area (Å²) < 4.78 is 5.28. The summed E-state index contributed by atoms with van der Waals surface area (Å²) in [4.78, 5) is 26.4. The van der Waals surface area contributed by atoms with Gasteiger partial charge >= 0.3 is 5.97 Å². The van der Waals surface area contributed by atoms with E-state index in [1.807, 2.05) is 0 Å². The van der Waals surface area contributed by atoms with Crippen molar-refractivity contribution in [1.82, 2.24) is 0 Å². The number of carboxylic acids is 1. The molecule has 0 spiro atoms. The predicted octanol–water partition coefficient (Wildman–Crippen LogP) is 2.11. The molecule has 94 valence electrons. The van der Waals surface area contributed by atoms with Crippen LogP contribution in [0.3, 0.4) is 0 Å². The molecule has 0 unspecified atom stereocenters. The summed E-state index contributed by atoms with van der Waals surface area (Å²) >= 11 is 0. The maximum Gasteiger partial charge on any atom is 0.339 e. The molecular formula is C12H10O6. The second-order valence-electron chi connectivity index (χ2n) is 3.75. The highest BCUT2D eigenvalue weighted by Crippen LogP contribution is 2.26. The number of furan rings is 1. The van der Waals surface area contributed by atoms with Gasteiger partial charge in [-0.25, -0.2) is 9.68 Å². The lowest BCUT2D eigenvalue weighted by atomic mass is 10.1. The van der Waals surface area contributed by atoms with Crippen molar-refractivity contribution >= 4 is 22.7 Å². The molecule has 0 aliphatic heterocycles. The van der Waals surface area contributed by atoms with Gasteiger partial charge in [-0.3, -0.25) is 10.1 Å². The number of benzene rings is 1. The number of fused-ring (bicyclic) bond motifs is 1. The molecule has 2 N–H and O–H groups in total. The number of ketones is 1. The first-order valence-electron chi connectivity index (χ1n) is 5.10. The van der Waals surface area contributed by atoms with E-state index in [4.69, 9.17) is 14.8 Å². The molecule has 0 atom stereocenters. The van der Waals surface area contributed by atoms with E-state index in [2.05, 4.69) is 4.89 Å². The smallest absolute Gasteiger partial charge is 0.339 e. The van der Waals surface area contributed by atoms with Gasteiger partial charge in [-0.05, 0) is 25.1 Å². The molecule has 2 rings (SSSR count). The van der Waals surface area contributed by atoms with Gasteiger partial charge < -0.3 is 9.52 Å². The number of hydrogen-bond acceptors (Lipinski definition) is 5. The lowest BCUT2D eigenvalue weighted by Gasteiger charge is -1.99. The number of aromatic carboxylic acids is 1. The summed E-state index contributed by atoms with van der Waals surface area (Å²) in [5.74, 6) is -1.29. The molecule has 0 aliphatic carbocycles. The Morgan fingerprint density at radius 3 is 2.72 bits per heavy atom. The van der Waals surface area contributed by atoms with Crippen molar-refractivity contribution < 1.29 is 29.3 Å². The normalized spacial score (nSPS) is 10.8. The van der Waals surface area contributed by atoms with Crippen molar-refractivity contribution in [3.63, 3.8) is 0 Å². The Morgan fingerprint density at radius 1 is 1.39 bits per heavy atom. The van der Waals surface area contributed by atoms with Crippen LogP contribution in [-0.2, 0) is 4.89 Å². The number of Topliss-reactive ketones (excluding diaryl/α,β-unsaturated/α-hetero) is 1. The molecule has 6 nitrogen and oxygen atoms in total. The highest BCUT2D eigenvalue weighted by atomic mass is 17.1. The number of rotatable bonds is 4. The molecule has 0 aliphatic rings. The predicted molar refractivity (Wildman–Crippen MR) is 60.8 cm³/mol. The molecule has 1 aromatic carbocycles. The first-order valence-corrected chi connectivity index (χ1v) is 5.10. The molecule has 0 radical (unpaired) electrons. The van der Waals surface area contributed by atoms with Gasteiger partial charge in [-0.15, -0.1) is 0 Å². The van der Waals surface area contributed by atoms with E-state index in [1.165, 1.54) is 18.2 Å². The third-order valence-electron chi connectivity index (χ3n) is 2.60. The van der Waals surface area contributed by atoms with Gasteiger partial charge in [-0.1, -0.05) is 0 Å². The topological polar surface area (TPSA) is 97.0 Å². The van der Waals surface area contributed by atoms with Crippen LogP contribution in [0.5, 0.6) is 0 Å². The minimum atomic E-state index is -1.12. The summed E-state index contributed by atoms with van der Waals surface area (Å²) in [5, 5.41) is 17.7. The third-order valence-corrected chi connectivity index (χ3v) is 2.60. The molecule has 0 bridgehead atoms. The highest BCUT2D eigenvalue weighted by molar-refractivity contribution is 6.07. The largest absolute Gasteiger partial charge is 0.478 e. The minimum absolute atomic E-state index is 0.0320. The van der Waals surface area contributed by atoms with E-state index >= 15 is 0 Å². The Morgan fingerprint density at radius 2 is 2.11 bits per heavy atom. The molecule has 1 aromatic heterocycles. The van der Waals surface area contributed by atoms with Crippen LogP contribution < -0.4 is 0 Å². The summed E-state index contributed by atoms with van der Waals surface area (Å²) in [7, 11) is 0. The van der Waals surface area contributed by atoms with Gasteiger partial charge in [0.1, 0.15) is 23.5 Å². The van der Waals surface area contributed by atoms with Crippen molar-refractivity contribution in [1.29, 1.82) is 0 Å².